The number of primary amides is 1. The van der Waals surface area contributed by atoms with Crippen LogP contribution in [-0.4, -0.2) is 11.9 Å². The van der Waals surface area contributed by atoms with Crippen LogP contribution in [0, 0.1) is 11.3 Å². The van der Waals surface area contributed by atoms with Gasteiger partial charge in [-0.3, -0.25) is 4.79 Å². The van der Waals surface area contributed by atoms with Gasteiger partial charge in [0.2, 0.25) is 5.91 Å². The van der Waals surface area contributed by atoms with Gasteiger partial charge in [0.05, 0.1) is 22.3 Å². The van der Waals surface area contributed by atoms with E-state index >= 15 is 0 Å². The molecule has 5 heteroatoms. The maximum absolute atomic E-state index is 10.8. The number of carbonyl (C=O) groups excluding carboxylic acids is 1. The highest BCUT2D eigenvalue weighted by molar-refractivity contribution is 6.33. The Hall–Kier alpha value is -1.73. The second-order valence-electron chi connectivity index (χ2n) is 3.07. The van der Waals surface area contributed by atoms with Crippen molar-refractivity contribution in [3.8, 4) is 6.07 Å². The van der Waals surface area contributed by atoms with E-state index in [4.69, 9.17) is 22.6 Å². The third-order valence-corrected chi connectivity index (χ3v) is 2.21. The van der Waals surface area contributed by atoms with Crippen LogP contribution in [0.4, 0.5) is 5.69 Å². The van der Waals surface area contributed by atoms with Crippen LogP contribution in [0.3, 0.4) is 0 Å². The Morgan fingerprint density at radius 3 is 2.80 bits per heavy atom. The average Bonchev–Trinajstić information content (AvgIpc) is 2.20. The minimum absolute atomic E-state index is 0.391. The molecule has 15 heavy (non-hydrogen) atoms. The zero-order valence-electron chi connectivity index (χ0n) is 8.12. The summed E-state index contributed by atoms with van der Waals surface area (Å²) < 4.78 is 0. The Bertz CT molecular complexity index is 425. The summed E-state index contributed by atoms with van der Waals surface area (Å²) in [7, 11) is 0. The number of carbonyl (C=O) groups is 1. The van der Waals surface area contributed by atoms with E-state index in [1.165, 1.54) is 6.07 Å². The number of hydrogen-bond donors (Lipinski definition) is 2. The minimum Gasteiger partial charge on any atom is -0.373 e. The van der Waals surface area contributed by atoms with Gasteiger partial charge in [-0.25, -0.2) is 0 Å². The van der Waals surface area contributed by atoms with Crippen molar-refractivity contribution in [2.24, 2.45) is 5.73 Å². The molecule has 0 aliphatic heterocycles. The first-order valence-electron chi connectivity index (χ1n) is 4.30. The fraction of sp³-hybridized carbons (Fsp3) is 0.200. The lowest BCUT2D eigenvalue weighted by Gasteiger charge is -2.12. The van der Waals surface area contributed by atoms with Gasteiger partial charge in [0.15, 0.2) is 0 Å². The van der Waals surface area contributed by atoms with Crippen molar-refractivity contribution in [2.45, 2.75) is 13.0 Å². The summed E-state index contributed by atoms with van der Waals surface area (Å²) in [6.07, 6.45) is 0. The minimum atomic E-state index is -0.504. The molecule has 1 amide bonds. The summed E-state index contributed by atoms with van der Waals surface area (Å²) in [5, 5.41) is 11.9. The van der Waals surface area contributed by atoms with Crippen molar-refractivity contribution >= 4 is 23.2 Å². The predicted molar refractivity (Wildman–Crippen MR) is 58.4 cm³/mol. The molecule has 0 heterocycles. The first-order valence-corrected chi connectivity index (χ1v) is 4.68. The maximum atomic E-state index is 10.8. The van der Waals surface area contributed by atoms with Crippen molar-refractivity contribution in [2.75, 3.05) is 5.32 Å². The molecule has 3 N–H and O–H groups in total. The van der Waals surface area contributed by atoms with Crippen LogP contribution in [-0.2, 0) is 4.79 Å². The highest BCUT2D eigenvalue weighted by Gasteiger charge is 2.10. The zero-order chi connectivity index (χ0) is 11.4. The number of rotatable bonds is 3. The van der Waals surface area contributed by atoms with Crippen LogP contribution >= 0.6 is 11.6 Å². The number of anilines is 1. The largest absolute Gasteiger partial charge is 0.373 e. The fourth-order valence-corrected chi connectivity index (χ4v) is 1.24. The number of nitrogens with one attached hydrogen (secondary N) is 1. The quantitative estimate of drug-likeness (QED) is 0.815. The molecule has 1 rings (SSSR count). The van der Waals surface area contributed by atoms with Gasteiger partial charge in [0.1, 0.15) is 6.04 Å². The predicted octanol–water partition coefficient (Wildman–Crippen LogP) is 1.50. The van der Waals surface area contributed by atoms with Gasteiger partial charge >= 0.3 is 0 Å². The Kier molecular flexibility index (Phi) is 3.53. The Morgan fingerprint density at radius 2 is 2.33 bits per heavy atom. The van der Waals surface area contributed by atoms with Crippen LogP contribution in [0.5, 0.6) is 0 Å². The molecule has 0 radical (unpaired) electrons. The molecule has 0 saturated heterocycles. The molecule has 0 fully saturated rings. The molecule has 0 aliphatic rings. The van der Waals surface area contributed by atoms with E-state index in [1.807, 2.05) is 6.07 Å². The summed E-state index contributed by atoms with van der Waals surface area (Å²) in [5.74, 6) is -0.463. The molecular formula is C10H10ClN3O. The van der Waals surface area contributed by atoms with Crippen molar-refractivity contribution in [1.29, 1.82) is 5.26 Å². The number of nitrogens with zero attached hydrogens (tertiary/aromatic N) is 1. The Labute approximate surface area is 92.6 Å². The van der Waals surface area contributed by atoms with Gasteiger partial charge in [0, 0.05) is 0 Å². The van der Waals surface area contributed by atoms with Crippen LogP contribution in [0.1, 0.15) is 12.5 Å². The standard InChI is InChI=1S/C10H10ClN3O/c1-6(10(13)15)14-9-3-2-7(5-12)4-8(9)11/h2-4,6,14H,1H3,(H2,13,15). The monoisotopic (exact) mass is 223 g/mol. The molecule has 1 aromatic carbocycles. The zero-order valence-corrected chi connectivity index (χ0v) is 8.88. The summed E-state index contributed by atoms with van der Waals surface area (Å²) >= 11 is 5.89. The molecule has 0 aromatic heterocycles. The SMILES string of the molecule is CC(Nc1ccc(C#N)cc1Cl)C(N)=O. The molecule has 0 bridgehead atoms. The molecule has 0 aliphatic carbocycles. The van der Waals surface area contributed by atoms with E-state index in [9.17, 15) is 4.79 Å². The van der Waals surface area contributed by atoms with Crippen molar-refractivity contribution in [3.05, 3.63) is 28.8 Å². The second-order valence-corrected chi connectivity index (χ2v) is 3.48. The third-order valence-electron chi connectivity index (χ3n) is 1.90. The maximum Gasteiger partial charge on any atom is 0.239 e. The van der Waals surface area contributed by atoms with Crippen LogP contribution in [0.25, 0.3) is 0 Å². The highest BCUT2D eigenvalue weighted by Crippen LogP contribution is 2.23. The van der Waals surface area contributed by atoms with Gasteiger partial charge in [-0.2, -0.15) is 5.26 Å². The molecule has 4 nitrogen and oxygen atoms in total. The fourth-order valence-electron chi connectivity index (χ4n) is 1.01. The molecule has 78 valence electrons. The summed E-state index contributed by atoms with van der Waals surface area (Å²) in [6, 6.07) is 6.24. The highest BCUT2D eigenvalue weighted by atomic mass is 35.5. The summed E-state index contributed by atoms with van der Waals surface area (Å²) in [4.78, 5) is 10.8. The summed E-state index contributed by atoms with van der Waals surface area (Å²) in [6.45, 7) is 1.64. The number of amides is 1. The Balaban J connectivity index is 2.88. The van der Waals surface area contributed by atoms with Crippen LogP contribution in [0.2, 0.25) is 5.02 Å². The smallest absolute Gasteiger partial charge is 0.239 e. The number of nitriles is 1. The second kappa shape index (κ2) is 4.67. The average molecular weight is 224 g/mol. The Morgan fingerprint density at radius 1 is 1.67 bits per heavy atom. The van der Waals surface area contributed by atoms with Crippen LogP contribution in [0.15, 0.2) is 18.2 Å². The van der Waals surface area contributed by atoms with E-state index in [1.54, 1.807) is 19.1 Å². The van der Waals surface area contributed by atoms with Crippen molar-refractivity contribution in [1.82, 2.24) is 0 Å². The van der Waals surface area contributed by atoms with E-state index in [0.29, 0.717) is 16.3 Å². The van der Waals surface area contributed by atoms with Gasteiger partial charge in [-0.1, -0.05) is 11.6 Å². The number of hydrogen-bond acceptors (Lipinski definition) is 3. The van der Waals surface area contributed by atoms with E-state index < -0.39 is 11.9 Å². The van der Waals surface area contributed by atoms with E-state index in [0.717, 1.165) is 0 Å². The first kappa shape index (κ1) is 11.3. The van der Waals surface area contributed by atoms with Gasteiger partial charge < -0.3 is 11.1 Å². The topological polar surface area (TPSA) is 78.9 Å². The lowest BCUT2D eigenvalue weighted by molar-refractivity contribution is -0.118. The third kappa shape index (κ3) is 2.86. The molecule has 1 aromatic rings. The molecule has 0 spiro atoms. The van der Waals surface area contributed by atoms with Crippen LogP contribution < -0.4 is 11.1 Å². The lowest BCUT2D eigenvalue weighted by atomic mass is 10.2. The molecule has 1 atom stereocenters. The van der Waals surface area contributed by atoms with Crippen molar-refractivity contribution in [3.63, 3.8) is 0 Å². The lowest BCUT2D eigenvalue weighted by Crippen LogP contribution is -2.32. The van der Waals surface area contributed by atoms with Gasteiger partial charge in [0.25, 0.3) is 0 Å². The van der Waals surface area contributed by atoms with E-state index in [2.05, 4.69) is 5.32 Å². The van der Waals surface area contributed by atoms with E-state index in [-0.39, 0.29) is 0 Å². The first-order chi connectivity index (χ1) is 7.04. The number of nitrogens with two attached hydrogens (primary N) is 1. The summed E-state index contributed by atoms with van der Waals surface area (Å²) in [5.41, 5.74) is 6.15. The van der Waals surface area contributed by atoms with Gasteiger partial charge in [-0.05, 0) is 25.1 Å². The number of halogens is 1. The normalized spacial score (nSPS) is 11.5. The van der Waals surface area contributed by atoms with Crippen molar-refractivity contribution < 1.29 is 4.79 Å². The molecular weight excluding hydrogens is 214 g/mol. The number of benzene rings is 1. The molecule has 0 saturated carbocycles. The molecule has 1 unspecified atom stereocenters. The van der Waals surface area contributed by atoms with Gasteiger partial charge in [-0.15, -0.1) is 0 Å².